The van der Waals surface area contributed by atoms with Gasteiger partial charge in [-0.05, 0) is 87.4 Å². The lowest BCUT2D eigenvalue weighted by Crippen LogP contribution is -2.52. The summed E-state index contributed by atoms with van der Waals surface area (Å²) >= 11 is 0. The smallest absolute Gasteiger partial charge is 0.0451 e. The molecule has 2 unspecified atom stereocenters. The number of aliphatic carboxylic acids is 4. The maximum atomic E-state index is 13.1. The monoisotopic (exact) mass is 650 g/mol. The summed E-state index contributed by atoms with van der Waals surface area (Å²) in [7, 11) is 0. The summed E-state index contributed by atoms with van der Waals surface area (Å²) in [6, 6.07) is 0. The Morgan fingerprint density at radius 1 is 0.457 bits per heavy atom. The van der Waals surface area contributed by atoms with Crippen molar-refractivity contribution in [2.75, 3.05) is 0 Å². The molecule has 0 rings (SSSR count). The van der Waals surface area contributed by atoms with Crippen molar-refractivity contribution in [2.24, 2.45) is 29.1 Å². The molecule has 0 amide bonds. The molecule has 0 aromatic carbocycles. The van der Waals surface area contributed by atoms with Crippen LogP contribution in [0.5, 0.6) is 0 Å². The Morgan fingerprint density at radius 2 is 0.848 bits per heavy atom. The molecule has 0 radical (unpaired) electrons. The van der Waals surface area contributed by atoms with Gasteiger partial charge in [-0.15, -0.1) is 0 Å². The Labute approximate surface area is 280 Å². The molecule has 270 valence electrons. The molecule has 0 saturated heterocycles. The predicted molar refractivity (Wildman–Crippen MR) is 175 cm³/mol. The van der Waals surface area contributed by atoms with E-state index >= 15 is 0 Å². The van der Waals surface area contributed by atoms with Crippen LogP contribution in [0.25, 0.3) is 0 Å². The molecule has 46 heavy (non-hydrogen) atoms. The Hall–Kier alpha value is -2.12. The van der Waals surface area contributed by atoms with E-state index in [1.807, 2.05) is 0 Å². The van der Waals surface area contributed by atoms with Crippen molar-refractivity contribution in [3.63, 3.8) is 0 Å². The van der Waals surface area contributed by atoms with Crippen LogP contribution in [0.15, 0.2) is 0 Å². The number of hydrogen-bond donors (Lipinski definition) is 0. The van der Waals surface area contributed by atoms with E-state index in [9.17, 15) is 39.6 Å². The molecule has 0 fully saturated rings. The van der Waals surface area contributed by atoms with Crippen LogP contribution in [0.2, 0.25) is 0 Å². The molecule has 8 heteroatoms. The van der Waals surface area contributed by atoms with E-state index in [4.69, 9.17) is 0 Å². The van der Waals surface area contributed by atoms with Crippen LogP contribution in [-0.2, 0) is 19.2 Å². The Bertz CT molecular complexity index is 790. The molecule has 2 atom stereocenters. The van der Waals surface area contributed by atoms with Crippen molar-refractivity contribution in [3.05, 3.63) is 0 Å². The first kappa shape index (κ1) is 43.9. The number of hydrogen-bond acceptors (Lipinski definition) is 8. The zero-order valence-corrected chi connectivity index (χ0v) is 29.8. The van der Waals surface area contributed by atoms with Gasteiger partial charge in [0.1, 0.15) is 0 Å². The van der Waals surface area contributed by atoms with Gasteiger partial charge >= 0.3 is 0 Å². The minimum absolute atomic E-state index is 0.0390. The SMILES string of the molecule is CCCCC(CCCC)C(CCCCCCCCCC(CCC(=O)[O-])C(=O)[O-])(C(CCCC)CCCC)C(CCC(=O)[O-])C(=O)[O-]. The molecule has 0 aliphatic rings. The van der Waals surface area contributed by atoms with Gasteiger partial charge in [-0.1, -0.05) is 124 Å². The van der Waals surface area contributed by atoms with Gasteiger partial charge in [-0.25, -0.2) is 0 Å². The normalized spacial score (nSPS) is 13.3. The quantitative estimate of drug-likeness (QED) is 0.0868. The fraction of sp³-hybridized carbons (Fsp3) is 0.895. The van der Waals surface area contributed by atoms with Gasteiger partial charge in [-0.2, -0.15) is 0 Å². The van der Waals surface area contributed by atoms with Gasteiger partial charge in [0.15, 0.2) is 0 Å². The molecular weight excluding hydrogens is 584 g/mol. The van der Waals surface area contributed by atoms with E-state index in [0.29, 0.717) is 12.8 Å². The van der Waals surface area contributed by atoms with Crippen molar-refractivity contribution >= 4 is 23.9 Å². The van der Waals surface area contributed by atoms with Crippen LogP contribution in [0, 0.1) is 29.1 Å². The van der Waals surface area contributed by atoms with Gasteiger partial charge in [0, 0.05) is 29.8 Å². The average molecular weight is 651 g/mol. The van der Waals surface area contributed by atoms with E-state index in [2.05, 4.69) is 27.7 Å². The first-order chi connectivity index (χ1) is 22.0. The van der Waals surface area contributed by atoms with Crippen LogP contribution in [0.4, 0.5) is 0 Å². The van der Waals surface area contributed by atoms with Gasteiger partial charge < -0.3 is 39.6 Å². The molecular formula is C38H66O8-4. The standard InChI is InChI=1S/C38H70O8/c1-5-9-21-31(22-10-6-2)38(32(23-11-7-3)24-12-8-4,33(37(45)46)26-28-35(41)42)29-19-17-15-13-14-16-18-20-30(36(43)44)25-27-34(39)40/h30-33H,5-29H2,1-4H3,(H,39,40)(H,41,42)(H,43,44)(H,45,46)/p-4. The topological polar surface area (TPSA) is 161 Å². The first-order valence-electron chi connectivity index (χ1n) is 18.8. The second-order valence-electron chi connectivity index (χ2n) is 13.8. The summed E-state index contributed by atoms with van der Waals surface area (Å²) < 4.78 is 0. The van der Waals surface area contributed by atoms with Crippen LogP contribution in [0.1, 0.15) is 188 Å². The van der Waals surface area contributed by atoms with Crippen LogP contribution in [-0.4, -0.2) is 23.9 Å². The van der Waals surface area contributed by atoms with Crippen LogP contribution < -0.4 is 20.4 Å². The van der Waals surface area contributed by atoms with E-state index in [0.717, 1.165) is 122 Å². The number of carbonyl (C=O) groups is 4. The Balaban J connectivity index is 5.94. The molecule has 0 aromatic rings. The molecule has 0 spiro atoms. The van der Waals surface area contributed by atoms with E-state index < -0.39 is 41.1 Å². The number of carbonyl (C=O) groups excluding carboxylic acids is 4. The summed E-state index contributed by atoms with van der Waals surface area (Å²) in [5, 5.41) is 46.7. The summed E-state index contributed by atoms with van der Waals surface area (Å²) in [6.07, 6.45) is 19.1. The maximum Gasteiger partial charge on any atom is 0.0451 e. The third kappa shape index (κ3) is 17.7. The van der Waals surface area contributed by atoms with Gasteiger partial charge in [0.05, 0.1) is 0 Å². The van der Waals surface area contributed by atoms with E-state index in [-0.39, 0.29) is 37.5 Å². The lowest BCUT2D eigenvalue weighted by molar-refractivity contribution is -0.320. The molecule has 0 N–H and O–H groups in total. The molecule has 8 nitrogen and oxygen atoms in total. The molecule has 0 saturated carbocycles. The van der Waals surface area contributed by atoms with Crippen LogP contribution in [0.3, 0.4) is 0 Å². The zero-order valence-electron chi connectivity index (χ0n) is 29.8. The molecule has 0 aromatic heterocycles. The summed E-state index contributed by atoms with van der Waals surface area (Å²) in [4.78, 5) is 46.7. The molecule has 0 bridgehead atoms. The van der Waals surface area contributed by atoms with Crippen LogP contribution >= 0.6 is 0 Å². The third-order valence-corrected chi connectivity index (χ3v) is 10.4. The Morgan fingerprint density at radius 3 is 1.22 bits per heavy atom. The maximum absolute atomic E-state index is 13.1. The van der Waals surface area contributed by atoms with E-state index in [1.54, 1.807) is 0 Å². The van der Waals surface area contributed by atoms with Gasteiger partial charge in [0.2, 0.25) is 0 Å². The van der Waals surface area contributed by atoms with E-state index in [1.165, 1.54) is 0 Å². The fourth-order valence-electron chi connectivity index (χ4n) is 7.90. The Kier molecular flexibility index (Phi) is 25.7. The van der Waals surface area contributed by atoms with Crippen molar-refractivity contribution in [1.82, 2.24) is 0 Å². The summed E-state index contributed by atoms with van der Waals surface area (Å²) in [5.74, 6) is -5.95. The summed E-state index contributed by atoms with van der Waals surface area (Å²) in [6.45, 7) is 8.68. The zero-order chi connectivity index (χ0) is 34.8. The minimum Gasteiger partial charge on any atom is -0.550 e. The molecule has 0 aliphatic heterocycles. The molecule has 0 heterocycles. The van der Waals surface area contributed by atoms with Crippen molar-refractivity contribution in [2.45, 2.75) is 188 Å². The second kappa shape index (κ2) is 26.9. The second-order valence-corrected chi connectivity index (χ2v) is 13.8. The molecule has 0 aliphatic carbocycles. The highest BCUT2D eigenvalue weighted by Crippen LogP contribution is 2.55. The highest BCUT2D eigenvalue weighted by atomic mass is 16.4. The minimum atomic E-state index is -1.25. The summed E-state index contributed by atoms with van der Waals surface area (Å²) in [5.41, 5.74) is -0.520. The average Bonchev–Trinajstić information content (AvgIpc) is 3.00. The largest absolute Gasteiger partial charge is 0.550 e. The van der Waals surface area contributed by atoms with Gasteiger partial charge in [-0.3, -0.25) is 0 Å². The van der Waals surface area contributed by atoms with Gasteiger partial charge in [0.25, 0.3) is 0 Å². The number of unbranched alkanes of at least 4 members (excludes halogenated alkanes) is 10. The van der Waals surface area contributed by atoms with Crippen molar-refractivity contribution < 1.29 is 39.6 Å². The predicted octanol–water partition coefficient (Wildman–Crippen LogP) is 5.27. The lowest BCUT2D eigenvalue weighted by Gasteiger charge is -2.53. The number of carboxylic acids is 4. The highest BCUT2D eigenvalue weighted by molar-refractivity contribution is 5.71. The lowest BCUT2D eigenvalue weighted by atomic mass is 9.52. The number of carboxylic acid groups (broad SMARTS) is 4. The highest BCUT2D eigenvalue weighted by Gasteiger charge is 2.49. The van der Waals surface area contributed by atoms with Crippen molar-refractivity contribution in [1.29, 1.82) is 0 Å². The third-order valence-electron chi connectivity index (χ3n) is 10.4. The number of rotatable bonds is 33. The van der Waals surface area contributed by atoms with Crippen molar-refractivity contribution in [3.8, 4) is 0 Å². The first-order valence-corrected chi connectivity index (χ1v) is 18.8. The fourth-order valence-corrected chi connectivity index (χ4v) is 7.90.